The minimum atomic E-state index is -4.98. The summed E-state index contributed by atoms with van der Waals surface area (Å²) < 4.78 is 49.5. The van der Waals surface area contributed by atoms with Crippen molar-refractivity contribution in [2.45, 2.75) is 32.7 Å². The maximum atomic E-state index is 13.3. The van der Waals surface area contributed by atoms with E-state index in [2.05, 4.69) is 25.2 Å². The van der Waals surface area contributed by atoms with Crippen LogP contribution in [0, 0.1) is 0 Å². The minimum Gasteiger partial charge on any atom is -0.444 e. The number of H-pyrrole nitrogens is 1. The molecular formula is C23H24ClF3N6O4. The van der Waals surface area contributed by atoms with Crippen LogP contribution in [0.3, 0.4) is 0 Å². The van der Waals surface area contributed by atoms with Crippen LogP contribution in [0.1, 0.15) is 20.8 Å². The first-order valence-electron chi connectivity index (χ1n) is 11.2. The number of carbonyl (C=O) groups excluding carboxylic acids is 1. The average Bonchev–Trinajstić information content (AvgIpc) is 2.78. The number of aromatic amines is 1. The average molecular weight is 541 g/mol. The summed E-state index contributed by atoms with van der Waals surface area (Å²) in [7, 11) is 0. The van der Waals surface area contributed by atoms with Crippen LogP contribution in [0.25, 0.3) is 10.8 Å². The molecular weight excluding hydrogens is 517 g/mol. The molecule has 0 atom stereocenters. The van der Waals surface area contributed by atoms with Gasteiger partial charge in [-0.25, -0.2) is 14.9 Å². The molecule has 1 amide bonds. The van der Waals surface area contributed by atoms with E-state index >= 15 is 0 Å². The molecule has 1 fully saturated rings. The predicted molar refractivity (Wildman–Crippen MR) is 132 cm³/mol. The fourth-order valence-electron chi connectivity index (χ4n) is 3.80. The molecule has 0 aliphatic carbocycles. The number of amides is 1. The number of ether oxygens (including phenoxy) is 2. The lowest BCUT2D eigenvalue weighted by Gasteiger charge is -2.37. The fourth-order valence-corrected chi connectivity index (χ4v) is 4.00. The van der Waals surface area contributed by atoms with Gasteiger partial charge in [0.15, 0.2) is 5.75 Å². The number of alkyl halides is 3. The van der Waals surface area contributed by atoms with Crippen LogP contribution in [0.2, 0.25) is 5.15 Å². The van der Waals surface area contributed by atoms with Crippen molar-refractivity contribution < 1.29 is 27.4 Å². The Bertz CT molecular complexity index is 1370. The molecule has 0 radical (unpaired) electrons. The van der Waals surface area contributed by atoms with Crippen LogP contribution < -0.4 is 20.5 Å². The van der Waals surface area contributed by atoms with Crippen molar-refractivity contribution in [3.63, 3.8) is 0 Å². The van der Waals surface area contributed by atoms with Gasteiger partial charge in [0.1, 0.15) is 16.6 Å². The van der Waals surface area contributed by atoms with Crippen LogP contribution in [-0.2, 0) is 4.74 Å². The largest absolute Gasteiger partial charge is 0.573 e. The molecule has 2 N–H and O–H groups in total. The summed E-state index contributed by atoms with van der Waals surface area (Å²) in [6, 6.07) is 5.64. The lowest BCUT2D eigenvalue weighted by atomic mass is 10.2. The number of fused-ring (bicyclic) bond motifs is 1. The molecule has 1 aliphatic heterocycles. The molecule has 0 unspecified atom stereocenters. The normalized spacial score (nSPS) is 14.6. The Morgan fingerprint density at radius 2 is 1.84 bits per heavy atom. The maximum absolute atomic E-state index is 13.3. The summed E-state index contributed by atoms with van der Waals surface area (Å²) in [5, 5.41) is 9.14. The zero-order valence-electron chi connectivity index (χ0n) is 20.1. The second-order valence-electron chi connectivity index (χ2n) is 9.26. The molecule has 37 heavy (non-hydrogen) atoms. The number of aromatic nitrogens is 3. The van der Waals surface area contributed by atoms with Gasteiger partial charge in [-0.2, -0.15) is 5.10 Å². The summed E-state index contributed by atoms with van der Waals surface area (Å²) in [4.78, 5) is 32.1. The first-order chi connectivity index (χ1) is 17.3. The number of hydrogen-bond donors (Lipinski definition) is 2. The number of benzene rings is 1. The van der Waals surface area contributed by atoms with E-state index in [1.54, 1.807) is 31.7 Å². The number of nitrogens with one attached hydrogen (secondary N) is 2. The van der Waals surface area contributed by atoms with Crippen LogP contribution in [0.15, 0.2) is 35.3 Å². The van der Waals surface area contributed by atoms with E-state index in [-0.39, 0.29) is 22.0 Å². The topological polar surface area (TPSA) is 113 Å². The second kappa shape index (κ2) is 9.96. The number of piperazine rings is 1. The third-order valence-electron chi connectivity index (χ3n) is 5.36. The van der Waals surface area contributed by atoms with Gasteiger partial charge in [0, 0.05) is 43.3 Å². The van der Waals surface area contributed by atoms with Gasteiger partial charge in [-0.05, 0) is 39.0 Å². The molecule has 1 aromatic carbocycles. The standard InChI is InChI=1S/C23H24ClF3N6O4/c1-22(2,3)37-21(35)33-8-6-32(7-9-33)14-4-5-15(16(11-14)36-23(25,26)27)29-19-18-13(10-17(24)30-19)12-28-31-20(18)34/h4-5,10-12H,6-9H2,1-3H3,(H,29,30)(H,31,34). The molecule has 1 saturated heterocycles. The van der Waals surface area contributed by atoms with Crippen molar-refractivity contribution in [3.05, 3.63) is 46.0 Å². The van der Waals surface area contributed by atoms with Gasteiger partial charge < -0.3 is 24.6 Å². The molecule has 2 aromatic heterocycles. The highest BCUT2D eigenvalue weighted by Crippen LogP contribution is 2.37. The van der Waals surface area contributed by atoms with Crippen LogP contribution in [0.5, 0.6) is 5.75 Å². The van der Waals surface area contributed by atoms with Gasteiger partial charge >= 0.3 is 12.5 Å². The number of carbonyl (C=O) groups is 1. The van der Waals surface area contributed by atoms with E-state index in [0.29, 0.717) is 37.3 Å². The smallest absolute Gasteiger partial charge is 0.444 e. The quantitative estimate of drug-likeness (QED) is 0.459. The molecule has 10 nitrogen and oxygen atoms in total. The molecule has 4 rings (SSSR count). The van der Waals surface area contributed by atoms with E-state index < -0.39 is 29.4 Å². The van der Waals surface area contributed by atoms with Gasteiger partial charge in [0.25, 0.3) is 5.56 Å². The van der Waals surface area contributed by atoms with Crippen molar-refractivity contribution in [1.82, 2.24) is 20.1 Å². The lowest BCUT2D eigenvalue weighted by Crippen LogP contribution is -2.50. The van der Waals surface area contributed by atoms with Gasteiger partial charge in [-0.15, -0.1) is 13.2 Å². The van der Waals surface area contributed by atoms with E-state index in [0.717, 1.165) is 0 Å². The van der Waals surface area contributed by atoms with Crippen molar-refractivity contribution in [3.8, 4) is 5.75 Å². The first-order valence-corrected chi connectivity index (χ1v) is 11.6. The van der Waals surface area contributed by atoms with Crippen molar-refractivity contribution >= 4 is 45.7 Å². The summed E-state index contributed by atoms with van der Waals surface area (Å²) >= 11 is 6.04. The first kappa shape index (κ1) is 26.3. The van der Waals surface area contributed by atoms with Gasteiger partial charge in [-0.1, -0.05) is 11.6 Å². The van der Waals surface area contributed by atoms with Crippen molar-refractivity contribution in [1.29, 1.82) is 0 Å². The number of anilines is 3. The summed E-state index contributed by atoms with van der Waals surface area (Å²) in [6.45, 7) is 6.73. The van der Waals surface area contributed by atoms with Gasteiger partial charge in [-0.3, -0.25) is 4.79 Å². The number of halogens is 4. The Morgan fingerprint density at radius 1 is 1.14 bits per heavy atom. The number of hydrogen-bond acceptors (Lipinski definition) is 8. The zero-order chi connectivity index (χ0) is 27.0. The predicted octanol–water partition coefficient (Wildman–Crippen LogP) is 4.67. The second-order valence-corrected chi connectivity index (χ2v) is 9.65. The van der Waals surface area contributed by atoms with Gasteiger partial charge in [0.05, 0.1) is 17.3 Å². The van der Waals surface area contributed by atoms with Gasteiger partial charge in [0.2, 0.25) is 0 Å². The third-order valence-corrected chi connectivity index (χ3v) is 5.55. The Morgan fingerprint density at radius 3 is 2.49 bits per heavy atom. The number of pyridine rings is 1. The number of rotatable bonds is 4. The molecule has 0 bridgehead atoms. The fraction of sp³-hybridized carbons (Fsp3) is 0.391. The summed E-state index contributed by atoms with van der Waals surface area (Å²) in [5.41, 5.74) is -0.854. The van der Waals surface area contributed by atoms with Crippen molar-refractivity contribution in [2.75, 3.05) is 36.4 Å². The Balaban J connectivity index is 1.60. The van der Waals surface area contributed by atoms with E-state index in [4.69, 9.17) is 16.3 Å². The summed E-state index contributed by atoms with van der Waals surface area (Å²) in [5.74, 6) is -0.586. The van der Waals surface area contributed by atoms with Crippen LogP contribution in [-0.4, -0.2) is 64.3 Å². The monoisotopic (exact) mass is 540 g/mol. The van der Waals surface area contributed by atoms with E-state index in [9.17, 15) is 22.8 Å². The number of nitrogens with zero attached hydrogens (tertiary/aromatic N) is 4. The highest BCUT2D eigenvalue weighted by Gasteiger charge is 2.33. The molecule has 14 heteroatoms. The molecule has 198 valence electrons. The highest BCUT2D eigenvalue weighted by atomic mass is 35.5. The highest BCUT2D eigenvalue weighted by molar-refractivity contribution is 6.30. The lowest BCUT2D eigenvalue weighted by molar-refractivity contribution is -0.274. The molecule has 1 aliphatic rings. The molecule has 0 spiro atoms. The zero-order valence-corrected chi connectivity index (χ0v) is 20.9. The SMILES string of the molecule is CC(C)(C)OC(=O)N1CCN(c2ccc(Nc3nc(Cl)cc4cn[nH]c(=O)c34)c(OC(F)(F)F)c2)CC1. The maximum Gasteiger partial charge on any atom is 0.573 e. The van der Waals surface area contributed by atoms with E-state index in [1.807, 2.05) is 4.90 Å². The minimum absolute atomic E-state index is 0.0140. The Labute approximate surface area is 214 Å². The molecule has 3 aromatic rings. The Kier molecular flexibility index (Phi) is 7.09. The van der Waals surface area contributed by atoms with Crippen molar-refractivity contribution in [2.24, 2.45) is 0 Å². The van der Waals surface area contributed by atoms with Crippen LogP contribution >= 0.6 is 11.6 Å². The molecule has 3 heterocycles. The third kappa shape index (κ3) is 6.53. The Hall–Kier alpha value is -3.74. The van der Waals surface area contributed by atoms with Crippen LogP contribution in [0.4, 0.5) is 35.2 Å². The summed E-state index contributed by atoms with van der Waals surface area (Å²) in [6.07, 6.45) is -4.07. The van der Waals surface area contributed by atoms with E-state index in [1.165, 1.54) is 24.4 Å². The molecule has 0 saturated carbocycles.